The number of rotatable bonds is 7. The van der Waals surface area contributed by atoms with Crippen LogP contribution in [0.2, 0.25) is 0 Å². The number of carbonyl (C=O) groups is 1. The highest BCUT2D eigenvalue weighted by Gasteiger charge is 2.41. The summed E-state index contributed by atoms with van der Waals surface area (Å²) < 4.78 is 36.2. The Morgan fingerprint density at radius 1 is 1.08 bits per heavy atom. The third-order valence-electron chi connectivity index (χ3n) is 6.43. The Morgan fingerprint density at radius 3 is 2.67 bits per heavy atom. The molecule has 3 aromatic carbocycles. The molecule has 36 heavy (non-hydrogen) atoms. The molecular weight excluding hydrogens is 478 g/mol. The number of Topliss-reactive ketones (excluding diaryl/α,β-unsaturated/α-hetero) is 1. The molecule has 0 amide bonds. The Hall–Kier alpha value is -3.95. The molecule has 0 radical (unpaired) electrons. The van der Waals surface area contributed by atoms with Crippen LogP contribution in [0.25, 0.3) is 10.8 Å². The summed E-state index contributed by atoms with van der Waals surface area (Å²) in [6, 6.07) is 17.8. The smallest absolute Gasteiger partial charge is 0.241 e. The predicted octanol–water partition coefficient (Wildman–Crippen LogP) is 4.31. The zero-order valence-electron chi connectivity index (χ0n) is 19.8. The lowest BCUT2D eigenvalue weighted by Crippen LogP contribution is -2.38. The molecule has 3 N–H and O–H groups in total. The molecule has 5 rings (SSSR count). The quantitative estimate of drug-likeness (QED) is 0.385. The number of anilines is 1. The van der Waals surface area contributed by atoms with Gasteiger partial charge in [0.15, 0.2) is 5.78 Å². The molecular formula is C27H25N3O5S. The number of carbonyl (C=O) groups excluding carboxylic acids is 1. The highest BCUT2D eigenvalue weighted by Crippen LogP contribution is 2.40. The molecule has 1 aliphatic heterocycles. The van der Waals surface area contributed by atoms with Gasteiger partial charge in [0.1, 0.15) is 28.8 Å². The van der Waals surface area contributed by atoms with Crippen LogP contribution < -0.4 is 19.9 Å². The van der Waals surface area contributed by atoms with Gasteiger partial charge < -0.3 is 14.8 Å². The van der Waals surface area contributed by atoms with Crippen molar-refractivity contribution in [3.8, 4) is 17.2 Å². The van der Waals surface area contributed by atoms with Gasteiger partial charge in [0.2, 0.25) is 10.0 Å². The van der Waals surface area contributed by atoms with Crippen LogP contribution in [0.15, 0.2) is 78.0 Å². The number of primary sulfonamides is 1. The molecule has 2 heterocycles. The first-order valence-corrected chi connectivity index (χ1v) is 12.9. The number of ketones is 1. The van der Waals surface area contributed by atoms with Crippen molar-refractivity contribution in [3.05, 3.63) is 84.2 Å². The number of nitrogens with one attached hydrogen (secondary N) is 1. The predicted molar refractivity (Wildman–Crippen MR) is 137 cm³/mol. The molecule has 1 aliphatic rings. The van der Waals surface area contributed by atoms with Gasteiger partial charge >= 0.3 is 0 Å². The molecule has 0 fully saturated rings. The molecule has 0 saturated heterocycles. The molecule has 184 valence electrons. The lowest BCUT2D eigenvalue weighted by Gasteiger charge is -2.23. The van der Waals surface area contributed by atoms with E-state index in [0.717, 1.165) is 27.6 Å². The standard InChI is InChI=1S/C27H25N3O5S/c1-17-5-6-18-11-24(25(36(28,32)33)12-19(18)10-17)34-15-26(31)27(2)16-30-23-13-20(7-8-22(23)27)35-21-4-3-9-29-14-21/h3-14,30H,15-16H2,1-2H3,(H2,28,32,33). The van der Waals surface area contributed by atoms with Gasteiger partial charge in [-0.2, -0.15) is 0 Å². The van der Waals surface area contributed by atoms with E-state index in [0.29, 0.717) is 18.0 Å². The normalized spacial score (nSPS) is 16.9. The third kappa shape index (κ3) is 4.50. The number of nitrogens with two attached hydrogens (primary N) is 1. The Labute approximate surface area is 209 Å². The molecule has 0 spiro atoms. The molecule has 1 atom stereocenters. The van der Waals surface area contributed by atoms with Crippen LogP contribution >= 0.6 is 0 Å². The van der Waals surface area contributed by atoms with E-state index < -0.39 is 15.4 Å². The Morgan fingerprint density at radius 2 is 1.92 bits per heavy atom. The number of fused-ring (bicyclic) bond motifs is 2. The second-order valence-corrected chi connectivity index (χ2v) is 10.6. The van der Waals surface area contributed by atoms with E-state index in [4.69, 9.17) is 14.6 Å². The lowest BCUT2D eigenvalue weighted by atomic mass is 9.80. The number of nitrogens with zero attached hydrogens (tertiary/aromatic N) is 1. The van der Waals surface area contributed by atoms with Gasteiger partial charge in [-0.05, 0) is 60.5 Å². The first-order valence-electron chi connectivity index (χ1n) is 11.3. The number of aromatic nitrogens is 1. The summed E-state index contributed by atoms with van der Waals surface area (Å²) in [5.41, 5.74) is 1.73. The average Bonchev–Trinajstić information content (AvgIpc) is 3.19. The molecule has 0 aliphatic carbocycles. The number of hydrogen-bond donors (Lipinski definition) is 2. The second-order valence-electron chi connectivity index (χ2n) is 9.09. The van der Waals surface area contributed by atoms with Crippen LogP contribution in [0.5, 0.6) is 17.2 Å². The summed E-state index contributed by atoms with van der Waals surface area (Å²) in [6.07, 6.45) is 3.29. The summed E-state index contributed by atoms with van der Waals surface area (Å²) in [5.74, 6) is 1.08. The summed E-state index contributed by atoms with van der Waals surface area (Å²) in [5, 5.41) is 10.2. The minimum absolute atomic E-state index is 0.0530. The maximum atomic E-state index is 13.4. The summed E-state index contributed by atoms with van der Waals surface area (Å²) in [7, 11) is -4.07. The van der Waals surface area contributed by atoms with Crippen molar-refractivity contribution < 1.29 is 22.7 Å². The van der Waals surface area contributed by atoms with Gasteiger partial charge in [-0.15, -0.1) is 0 Å². The number of sulfonamides is 1. The number of hydrogen-bond acceptors (Lipinski definition) is 7. The Bertz CT molecular complexity index is 1590. The molecule has 4 aromatic rings. The molecule has 8 nitrogen and oxygen atoms in total. The fourth-order valence-electron chi connectivity index (χ4n) is 4.39. The zero-order chi connectivity index (χ0) is 25.5. The Balaban J connectivity index is 1.38. The van der Waals surface area contributed by atoms with Crippen LogP contribution in [0.4, 0.5) is 5.69 Å². The molecule has 1 aromatic heterocycles. The van der Waals surface area contributed by atoms with Crippen molar-refractivity contribution >= 4 is 32.3 Å². The van der Waals surface area contributed by atoms with Crippen LogP contribution in [0, 0.1) is 6.92 Å². The topological polar surface area (TPSA) is 121 Å². The van der Waals surface area contributed by atoms with E-state index in [1.165, 1.54) is 6.07 Å². The Kier molecular flexibility index (Phi) is 5.89. The highest BCUT2D eigenvalue weighted by atomic mass is 32.2. The summed E-state index contributed by atoms with van der Waals surface area (Å²) in [4.78, 5) is 17.3. The van der Waals surface area contributed by atoms with E-state index in [9.17, 15) is 13.2 Å². The molecule has 9 heteroatoms. The third-order valence-corrected chi connectivity index (χ3v) is 7.36. The van der Waals surface area contributed by atoms with Gasteiger partial charge in [-0.3, -0.25) is 9.78 Å². The van der Waals surface area contributed by atoms with Crippen molar-refractivity contribution in [2.45, 2.75) is 24.2 Å². The van der Waals surface area contributed by atoms with E-state index >= 15 is 0 Å². The monoisotopic (exact) mass is 503 g/mol. The summed E-state index contributed by atoms with van der Waals surface area (Å²) >= 11 is 0. The first kappa shape index (κ1) is 23.8. The fourth-order valence-corrected chi connectivity index (χ4v) is 5.08. The van der Waals surface area contributed by atoms with E-state index in [1.807, 2.05) is 50.2 Å². The van der Waals surface area contributed by atoms with Crippen LogP contribution in [0.1, 0.15) is 18.1 Å². The maximum absolute atomic E-state index is 13.4. The van der Waals surface area contributed by atoms with E-state index in [1.54, 1.807) is 30.6 Å². The van der Waals surface area contributed by atoms with Gasteiger partial charge in [0, 0.05) is 24.5 Å². The van der Waals surface area contributed by atoms with E-state index in [2.05, 4.69) is 10.3 Å². The number of benzene rings is 3. The van der Waals surface area contributed by atoms with Gasteiger partial charge in [-0.1, -0.05) is 29.8 Å². The van der Waals surface area contributed by atoms with Gasteiger partial charge in [0.05, 0.1) is 11.6 Å². The van der Waals surface area contributed by atoms with Gasteiger partial charge in [-0.25, -0.2) is 13.6 Å². The number of pyridine rings is 1. The number of ether oxygens (including phenoxy) is 2. The highest BCUT2D eigenvalue weighted by molar-refractivity contribution is 7.89. The largest absolute Gasteiger partial charge is 0.484 e. The van der Waals surface area contributed by atoms with Crippen LogP contribution in [0.3, 0.4) is 0 Å². The SMILES string of the molecule is Cc1ccc2cc(OCC(=O)C3(C)CNc4cc(Oc5cccnc5)ccc43)c(S(N)(=O)=O)cc2c1. The minimum atomic E-state index is -4.07. The van der Waals surface area contributed by atoms with Crippen molar-refractivity contribution in [2.75, 3.05) is 18.5 Å². The number of aryl methyl sites for hydroxylation is 1. The average molecular weight is 504 g/mol. The maximum Gasteiger partial charge on any atom is 0.241 e. The van der Waals surface area contributed by atoms with Crippen molar-refractivity contribution in [1.82, 2.24) is 4.98 Å². The molecule has 0 saturated carbocycles. The van der Waals surface area contributed by atoms with Crippen molar-refractivity contribution in [2.24, 2.45) is 5.14 Å². The van der Waals surface area contributed by atoms with Crippen LogP contribution in [-0.4, -0.2) is 32.3 Å². The fraction of sp³-hybridized carbons (Fsp3) is 0.185. The minimum Gasteiger partial charge on any atom is -0.484 e. The molecule has 0 bridgehead atoms. The second kappa shape index (κ2) is 8.92. The molecule has 1 unspecified atom stereocenters. The van der Waals surface area contributed by atoms with Crippen molar-refractivity contribution in [3.63, 3.8) is 0 Å². The lowest BCUT2D eigenvalue weighted by molar-refractivity contribution is -0.125. The van der Waals surface area contributed by atoms with Crippen LogP contribution in [-0.2, 0) is 20.2 Å². The first-order chi connectivity index (χ1) is 17.1. The van der Waals surface area contributed by atoms with E-state index in [-0.39, 0.29) is 23.0 Å². The summed E-state index contributed by atoms with van der Waals surface area (Å²) in [6.45, 7) is 3.82. The van der Waals surface area contributed by atoms with Crippen molar-refractivity contribution in [1.29, 1.82) is 0 Å². The zero-order valence-corrected chi connectivity index (χ0v) is 20.6. The van der Waals surface area contributed by atoms with Gasteiger partial charge in [0.25, 0.3) is 0 Å².